The molecule has 0 spiro atoms. The van der Waals surface area contributed by atoms with Crippen molar-refractivity contribution in [3.63, 3.8) is 0 Å². The van der Waals surface area contributed by atoms with Crippen LogP contribution >= 0.6 is 34.2 Å². The fourth-order valence-corrected chi connectivity index (χ4v) is 3.07. The molecule has 3 rings (SSSR count). The van der Waals surface area contributed by atoms with E-state index in [4.69, 9.17) is 11.6 Å². The summed E-state index contributed by atoms with van der Waals surface area (Å²) in [7, 11) is 0. The van der Waals surface area contributed by atoms with Crippen LogP contribution in [0.3, 0.4) is 0 Å². The molecule has 0 fully saturated rings. The molecule has 23 heavy (non-hydrogen) atoms. The number of nitrogens with zero attached hydrogens (tertiary/aromatic N) is 3. The average Bonchev–Trinajstić information content (AvgIpc) is 2.94. The van der Waals surface area contributed by atoms with Gasteiger partial charge in [0, 0.05) is 9.77 Å². The molecule has 0 radical (unpaired) electrons. The number of hydrogen-bond donors (Lipinski definition) is 2. The van der Waals surface area contributed by atoms with Gasteiger partial charge in [0.2, 0.25) is 0 Å². The van der Waals surface area contributed by atoms with Crippen molar-refractivity contribution in [1.29, 1.82) is 0 Å². The summed E-state index contributed by atoms with van der Waals surface area (Å²) in [6.07, 6.45) is 1.86. The Morgan fingerprint density at radius 1 is 1.30 bits per heavy atom. The number of urea groups is 1. The lowest BCUT2D eigenvalue weighted by molar-refractivity contribution is 0.249. The van der Waals surface area contributed by atoms with Crippen LogP contribution in [0.4, 0.5) is 10.5 Å². The number of halogens is 2. The number of pyridine rings is 1. The second-order valence-electron chi connectivity index (χ2n) is 4.93. The van der Waals surface area contributed by atoms with Crippen LogP contribution in [0.2, 0.25) is 5.02 Å². The number of rotatable bonds is 3. The first-order chi connectivity index (χ1) is 11.0. The highest BCUT2D eigenvalue weighted by molar-refractivity contribution is 14.1. The van der Waals surface area contributed by atoms with Crippen molar-refractivity contribution in [3.8, 4) is 0 Å². The summed E-state index contributed by atoms with van der Waals surface area (Å²) in [4.78, 5) is 12.2. The third kappa shape index (κ3) is 3.56. The van der Waals surface area contributed by atoms with Gasteiger partial charge in [0.15, 0.2) is 11.5 Å². The number of fused-ring (bicyclic) bond motifs is 1. The van der Waals surface area contributed by atoms with Crippen molar-refractivity contribution in [3.05, 3.63) is 57.0 Å². The zero-order valence-electron chi connectivity index (χ0n) is 12.1. The van der Waals surface area contributed by atoms with Crippen LogP contribution in [0.1, 0.15) is 18.8 Å². The summed E-state index contributed by atoms with van der Waals surface area (Å²) in [6.45, 7) is 1.85. The number of carbonyl (C=O) groups excluding carboxylic acids is 1. The highest BCUT2D eigenvalue weighted by Gasteiger charge is 2.16. The van der Waals surface area contributed by atoms with E-state index >= 15 is 0 Å². The fourth-order valence-electron chi connectivity index (χ4n) is 2.17. The smallest absolute Gasteiger partial charge is 0.319 e. The van der Waals surface area contributed by atoms with Crippen molar-refractivity contribution in [2.45, 2.75) is 13.0 Å². The SMILES string of the molecule is CC(NC(=O)Nc1ccc(I)cc1Cl)c1nnc2ccccn12. The molecular weight excluding hydrogens is 429 g/mol. The second-order valence-corrected chi connectivity index (χ2v) is 6.58. The molecule has 0 saturated heterocycles. The maximum atomic E-state index is 12.2. The summed E-state index contributed by atoms with van der Waals surface area (Å²) in [6, 6.07) is 10.4. The van der Waals surface area contributed by atoms with Gasteiger partial charge in [0.05, 0.1) is 16.8 Å². The largest absolute Gasteiger partial charge is 0.328 e. The molecule has 0 aliphatic heterocycles. The van der Waals surface area contributed by atoms with E-state index in [1.54, 1.807) is 12.1 Å². The molecule has 1 atom stereocenters. The van der Waals surface area contributed by atoms with Gasteiger partial charge in [-0.05, 0) is 59.8 Å². The number of aromatic nitrogens is 3. The minimum Gasteiger partial charge on any atom is -0.328 e. The molecule has 2 N–H and O–H groups in total. The van der Waals surface area contributed by atoms with Crippen LogP contribution in [-0.2, 0) is 0 Å². The minimum atomic E-state index is -0.353. The van der Waals surface area contributed by atoms with Gasteiger partial charge in [-0.2, -0.15) is 0 Å². The van der Waals surface area contributed by atoms with Gasteiger partial charge in [-0.25, -0.2) is 4.79 Å². The third-order valence-electron chi connectivity index (χ3n) is 3.25. The van der Waals surface area contributed by atoms with Gasteiger partial charge in [-0.15, -0.1) is 10.2 Å². The van der Waals surface area contributed by atoms with Crippen molar-refractivity contribution in [2.24, 2.45) is 0 Å². The van der Waals surface area contributed by atoms with E-state index in [-0.39, 0.29) is 12.1 Å². The van der Waals surface area contributed by atoms with Gasteiger partial charge < -0.3 is 10.6 Å². The van der Waals surface area contributed by atoms with Crippen molar-refractivity contribution >= 4 is 51.6 Å². The molecule has 2 aromatic heterocycles. The Morgan fingerprint density at radius 2 is 2.13 bits per heavy atom. The van der Waals surface area contributed by atoms with E-state index < -0.39 is 0 Å². The quantitative estimate of drug-likeness (QED) is 0.606. The third-order valence-corrected chi connectivity index (χ3v) is 4.24. The predicted octanol–water partition coefficient (Wildman–Crippen LogP) is 3.87. The first-order valence-corrected chi connectivity index (χ1v) is 8.32. The topological polar surface area (TPSA) is 71.3 Å². The summed E-state index contributed by atoms with van der Waals surface area (Å²) in [5, 5.41) is 14.3. The Hall–Kier alpha value is -1.87. The maximum Gasteiger partial charge on any atom is 0.319 e. The van der Waals surface area contributed by atoms with Crippen molar-refractivity contribution in [1.82, 2.24) is 19.9 Å². The standard InChI is InChI=1S/C15H13ClIN5O/c1-9(14-21-20-13-4-2-3-7-22(13)14)18-15(23)19-12-6-5-10(17)8-11(12)16/h2-9H,1H3,(H2,18,19,23). The number of nitrogens with one attached hydrogen (secondary N) is 2. The Kier molecular flexibility index (Phi) is 4.67. The maximum absolute atomic E-state index is 12.2. The molecule has 2 amide bonds. The highest BCUT2D eigenvalue weighted by atomic mass is 127. The first-order valence-electron chi connectivity index (χ1n) is 6.87. The summed E-state index contributed by atoms with van der Waals surface area (Å²) in [5.41, 5.74) is 1.29. The fraction of sp³-hybridized carbons (Fsp3) is 0.133. The molecule has 0 aliphatic rings. The first kappa shape index (κ1) is 16.0. The van der Waals surface area contributed by atoms with E-state index in [0.29, 0.717) is 16.5 Å². The predicted molar refractivity (Wildman–Crippen MR) is 97.7 cm³/mol. The van der Waals surface area contributed by atoms with Gasteiger partial charge in [-0.1, -0.05) is 17.7 Å². The number of hydrogen-bond acceptors (Lipinski definition) is 3. The molecule has 0 saturated carbocycles. The van der Waals surface area contributed by atoms with Crippen LogP contribution in [0.5, 0.6) is 0 Å². The van der Waals surface area contributed by atoms with Crippen molar-refractivity contribution in [2.75, 3.05) is 5.32 Å². The van der Waals surface area contributed by atoms with E-state index in [2.05, 4.69) is 43.4 Å². The Bertz CT molecular complexity index is 866. The summed E-state index contributed by atoms with van der Waals surface area (Å²) >= 11 is 8.27. The molecule has 1 unspecified atom stereocenters. The number of amides is 2. The van der Waals surface area contributed by atoms with E-state index in [1.165, 1.54) is 0 Å². The lowest BCUT2D eigenvalue weighted by Gasteiger charge is -2.14. The van der Waals surface area contributed by atoms with Crippen LogP contribution in [0.15, 0.2) is 42.6 Å². The Balaban J connectivity index is 1.72. The Morgan fingerprint density at radius 3 is 2.91 bits per heavy atom. The molecule has 118 valence electrons. The molecule has 0 aliphatic carbocycles. The van der Waals surface area contributed by atoms with Crippen LogP contribution < -0.4 is 10.6 Å². The zero-order chi connectivity index (χ0) is 16.4. The van der Waals surface area contributed by atoms with E-state index in [9.17, 15) is 4.79 Å². The average molecular weight is 442 g/mol. The Labute approximate surface area is 151 Å². The normalized spacial score (nSPS) is 12.1. The van der Waals surface area contributed by atoms with Gasteiger partial charge in [0.1, 0.15) is 0 Å². The summed E-state index contributed by atoms with van der Waals surface area (Å²) in [5.74, 6) is 0.657. The van der Waals surface area contributed by atoms with Crippen molar-refractivity contribution < 1.29 is 4.79 Å². The lowest BCUT2D eigenvalue weighted by atomic mass is 10.3. The van der Waals surface area contributed by atoms with Gasteiger partial charge in [0.25, 0.3) is 0 Å². The molecule has 1 aromatic carbocycles. The van der Waals surface area contributed by atoms with Crippen LogP contribution in [0.25, 0.3) is 5.65 Å². The van der Waals surface area contributed by atoms with E-state index in [0.717, 1.165) is 9.22 Å². The molecule has 6 nitrogen and oxygen atoms in total. The van der Waals surface area contributed by atoms with Crippen LogP contribution in [0, 0.1) is 3.57 Å². The molecular formula is C15H13ClIN5O. The van der Waals surface area contributed by atoms with E-state index in [1.807, 2.05) is 41.8 Å². The lowest BCUT2D eigenvalue weighted by Crippen LogP contribution is -2.32. The number of benzene rings is 1. The van der Waals surface area contributed by atoms with Crippen LogP contribution in [-0.4, -0.2) is 20.6 Å². The molecule has 0 bridgehead atoms. The number of carbonyl (C=O) groups is 1. The molecule has 2 heterocycles. The second kappa shape index (κ2) is 6.71. The highest BCUT2D eigenvalue weighted by Crippen LogP contribution is 2.24. The van der Waals surface area contributed by atoms with Gasteiger partial charge in [-0.3, -0.25) is 4.40 Å². The monoisotopic (exact) mass is 441 g/mol. The van der Waals surface area contributed by atoms with Gasteiger partial charge >= 0.3 is 6.03 Å². The summed E-state index contributed by atoms with van der Waals surface area (Å²) < 4.78 is 2.84. The molecule has 8 heteroatoms. The molecule has 3 aromatic rings. The zero-order valence-corrected chi connectivity index (χ0v) is 15.0. The number of anilines is 1. The minimum absolute atomic E-state index is 0.310.